The van der Waals surface area contributed by atoms with Gasteiger partial charge >= 0.3 is 5.97 Å². The van der Waals surface area contributed by atoms with Crippen LogP contribution in [0.1, 0.15) is 34.6 Å². The van der Waals surface area contributed by atoms with Gasteiger partial charge in [0.1, 0.15) is 5.75 Å². The summed E-state index contributed by atoms with van der Waals surface area (Å²) in [4.78, 5) is 44.7. The van der Waals surface area contributed by atoms with Gasteiger partial charge in [0.2, 0.25) is 0 Å². The third kappa shape index (κ3) is 5.25. The number of carbonyl (C=O) groups is 2. The molecule has 152 valence electrons. The summed E-state index contributed by atoms with van der Waals surface area (Å²) in [5.41, 5.74) is -1.07. The zero-order valence-electron chi connectivity index (χ0n) is 15.5. The Kier molecular flexibility index (Phi) is 6.80. The van der Waals surface area contributed by atoms with E-state index in [2.05, 4.69) is 5.32 Å². The maximum Gasteiger partial charge on any atom is 0.338 e. The van der Waals surface area contributed by atoms with E-state index in [-0.39, 0.29) is 35.8 Å². The highest BCUT2D eigenvalue weighted by molar-refractivity contribution is 6.06. The molecule has 0 atom stereocenters. The Bertz CT molecular complexity index is 941. The van der Waals surface area contributed by atoms with Crippen LogP contribution in [-0.2, 0) is 4.74 Å². The molecule has 29 heavy (non-hydrogen) atoms. The molecule has 11 nitrogen and oxygen atoms in total. The minimum atomic E-state index is -0.830. The number of nitrogens with zero attached hydrogens (tertiary/aromatic N) is 2. The zero-order chi connectivity index (χ0) is 21.6. The Labute approximate surface area is 164 Å². The number of rotatable bonds is 8. The summed E-state index contributed by atoms with van der Waals surface area (Å²) < 4.78 is 10.3. The van der Waals surface area contributed by atoms with Crippen LogP contribution in [-0.4, -0.2) is 34.9 Å². The van der Waals surface area contributed by atoms with Gasteiger partial charge in [0.15, 0.2) is 0 Å². The molecule has 0 aromatic heterocycles. The van der Waals surface area contributed by atoms with Crippen molar-refractivity contribution in [3.8, 4) is 5.75 Å². The van der Waals surface area contributed by atoms with Gasteiger partial charge in [-0.05, 0) is 32.0 Å². The van der Waals surface area contributed by atoms with Crippen molar-refractivity contribution in [1.29, 1.82) is 0 Å². The number of anilines is 1. The first-order valence-corrected chi connectivity index (χ1v) is 8.46. The maximum atomic E-state index is 12.5. The first kappa shape index (κ1) is 21.3. The van der Waals surface area contributed by atoms with Crippen LogP contribution in [0.4, 0.5) is 17.1 Å². The lowest BCUT2D eigenvalue weighted by molar-refractivity contribution is -0.394. The minimum absolute atomic E-state index is 0.173. The Morgan fingerprint density at radius 2 is 1.55 bits per heavy atom. The first-order valence-electron chi connectivity index (χ1n) is 8.46. The summed E-state index contributed by atoms with van der Waals surface area (Å²) in [6.45, 7) is 3.78. The van der Waals surface area contributed by atoms with Gasteiger partial charge in [-0.15, -0.1) is 0 Å². The number of nitro benzene ring substituents is 2. The number of nitrogens with one attached hydrogen (secondary N) is 1. The number of amides is 1. The van der Waals surface area contributed by atoms with Crippen LogP contribution < -0.4 is 10.1 Å². The van der Waals surface area contributed by atoms with Crippen molar-refractivity contribution in [2.75, 3.05) is 18.5 Å². The van der Waals surface area contributed by atoms with Crippen molar-refractivity contribution < 1.29 is 28.9 Å². The summed E-state index contributed by atoms with van der Waals surface area (Å²) in [6, 6.07) is 6.81. The van der Waals surface area contributed by atoms with E-state index in [0.717, 1.165) is 18.2 Å². The van der Waals surface area contributed by atoms with E-state index in [4.69, 9.17) is 9.47 Å². The topological polar surface area (TPSA) is 151 Å². The van der Waals surface area contributed by atoms with Crippen LogP contribution in [0.5, 0.6) is 5.75 Å². The van der Waals surface area contributed by atoms with Crippen LogP contribution >= 0.6 is 0 Å². The molecule has 1 amide bonds. The van der Waals surface area contributed by atoms with Gasteiger partial charge in [0, 0.05) is 12.1 Å². The molecule has 0 saturated heterocycles. The molecule has 0 radical (unpaired) electrons. The van der Waals surface area contributed by atoms with Crippen molar-refractivity contribution >= 4 is 28.9 Å². The molecule has 11 heteroatoms. The van der Waals surface area contributed by atoms with Gasteiger partial charge in [-0.1, -0.05) is 0 Å². The van der Waals surface area contributed by atoms with Gasteiger partial charge in [-0.2, -0.15) is 0 Å². The number of hydrogen-bond donors (Lipinski definition) is 1. The average Bonchev–Trinajstić information content (AvgIpc) is 2.69. The molecule has 0 aliphatic carbocycles. The van der Waals surface area contributed by atoms with E-state index < -0.39 is 33.1 Å². The van der Waals surface area contributed by atoms with Gasteiger partial charge in [0.05, 0.1) is 45.9 Å². The van der Waals surface area contributed by atoms with E-state index in [1.54, 1.807) is 13.8 Å². The molecule has 2 aromatic carbocycles. The molecule has 0 unspecified atom stereocenters. The molecule has 0 fully saturated rings. The molecular formula is C18H17N3O8. The van der Waals surface area contributed by atoms with E-state index in [9.17, 15) is 29.8 Å². The molecule has 0 bridgehead atoms. The van der Waals surface area contributed by atoms with E-state index in [1.165, 1.54) is 18.2 Å². The zero-order valence-corrected chi connectivity index (χ0v) is 15.5. The second-order valence-electron chi connectivity index (χ2n) is 5.57. The summed E-state index contributed by atoms with van der Waals surface area (Å²) >= 11 is 0. The van der Waals surface area contributed by atoms with Crippen molar-refractivity contribution in [3.05, 3.63) is 67.8 Å². The van der Waals surface area contributed by atoms with Crippen LogP contribution in [0.15, 0.2) is 36.4 Å². The van der Waals surface area contributed by atoms with Gasteiger partial charge in [0.25, 0.3) is 17.3 Å². The van der Waals surface area contributed by atoms with Gasteiger partial charge in [-0.3, -0.25) is 25.0 Å². The monoisotopic (exact) mass is 403 g/mol. The first-order chi connectivity index (χ1) is 13.8. The predicted octanol–water partition coefficient (Wildman–Crippen LogP) is 3.33. The molecule has 0 heterocycles. The standard InChI is InChI=1S/C18H17N3O8/c1-3-28-16-9-11(18(23)29-4-2)5-6-15(16)19-17(22)12-7-13(20(24)25)10-14(8-12)21(26)27/h5-10H,3-4H2,1-2H3,(H,19,22). The van der Waals surface area contributed by atoms with E-state index in [1.807, 2.05) is 0 Å². The third-order valence-electron chi connectivity index (χ3n) is 3.63. The lowest BCUT2D eigenvalue weighted by Gasteiger charge is -2.13. The summed E-state index contributed by atoms with van der Waals surface area (Å²) in [5.74, 6) is -1.21. The van der Waals surface area contributed by atoms with Gasteiger partial charge < -0.3 is 14.8 Å². The number of ether oxygens (including phenoxy) is 2. The third-order valence-corrected chi connectivity index (χ3v) is 3.63. The van der Waals surface area contributed by atoms with Crippen LogP contribution in [0.3, 0.4) is 0 Å². The lowest BCUT2D eigenvalue weighted by Crippen LogP contribution is -2.14. The Morgan fingerprint density at radius 1 is 0.931 bits per heavy atom. The molecule has 2 rings (SSSR count). The molecule has 0 aliphatic heterocycles. The fraction of sp³-hybridized carbons (Fsp3) is 0.222. The fourth-order valence-electron chi connectivity index (χ4n) is 2.37. The number of benzene rings is 2. The predicted molar refractivity (Wildman–Crippen MR) is 101 cm³/mol. The van der Waals surface area contributed by atoms with Crippen LogP contribution in [0.25, 0.3) is 0 Å². The molecule has 0 saturated carbocycles. The second kappa shape index (κ2) is 9.26. The maximum absolute atomic E-state index is 12.5. The van der Waals surface area contributed by atoms with Crippen molar-refractivity contribution in [1.82, 2.24) is 0 Å². The number of nitro groups is 2. The lowest BCUT2D eigenvalue weighted by atomic mass is 10.1. The quantitative estimate of drug-likeness (QED) is 0.400. The largest absolute Gasteiger partial charge is 0.492 e. The smallest absolute Gasteiger partial charge is 0.338 e. The van der Waals surface area contributed by atoms with Crippen molar-refractivity contribution in [2.45, 2.75) is 13.8 Å². The summed E-state index contributed by atoms with van der Waals surface area (Å²) in [5, 5.41) is 24.5. The molecule has 0 aliphatic rings. The number of non-ortho nitro benzene ring substituents is 2. The molecule has 2 aromatic rings. The number of hydrogen-bond acceptors (Lipinski definition) is 8. The van der Waals surface area contributed by atoms with Crippen molar-refractivity contribution in [2.24, 2.45) is 0 Å². The molecule has 1 N–H and O–H groups in total. The highest BCUT2D eigenvalue weighted by Gasteiger charge is 2.21. The fourth-order valence-corrected chi connectivity index (χ4v) is 2.37. The average molecular weight is 403 g/mol. The highest BCUT2D eigenvalue weighted by atomic mass is 16.6. The van der Waals surface area contributed by atoms with Crippen LogP contribution in [0, 0.1) is 20.2 Å². The van der Waals surface area contributed by atoms with E-state index >= 15 is 0 Å². The summed E-state index contributed by atoms with van der Waals surface area (Å²) in [6.07, 6.45) is 0. The highest BCUT2D eigenvalue weighted by Crippen LogP contribution is 2.28. The number of carbonyl (C=O) groups excluding carboxylic acids is 2. The normalized spacial score (nSPS) is 10.1. The number of esters is 1. The SMILES string of the molecule is CCOC(=O)c1ccc(NC(=O)c2cc([N+](=O)[O-])cc([N+](=O)[O-])c2)c(OCC)c1. The molecular weight excluding hydrogens is 386 g/mol. The second-order valence-corrected chi connectivity index (χ2v) is 5.57. The summed E-state index contributed by atoms with van der Waals surface area (Å²) in [7, 11) is 0. The Hall–Kier alpha value is -4.02. The van der Waals surface area contributed by atoms with Crippen molar-refractivity contribution in [3.63, 3.8) is 0 Å². The van der Waals surface area contributed by atoms with Crippen LogP contribution in [0.2, 0.25) is 0 Å². The van der Waals surface area contributed by atoms with E-state index in [0.29, 0.717) is 0 Å². The molecule has 0 spiro atoms. The van der Waals surface area contributed by atoms with Gasteiger partial charge in [-0.25, -0.2) is 4.79 Å². The minimum Gasteiger partial charge on any atom is -0.492 e. The Balaban J connectivity index is 2.38. The Morgan fingerprint density at radius 3 is 2.07 bits per heavy atom.